The van der Waals surface area contributed by atoms with Crippen molar-refractivity contribution in [1.82, 2.24) is 5.32 Å². The molecule has 2 atom stereocenters. The Balaban J connectivity index is 1.15. The molecule has 0 aliphatic heterocycles. The van der Waals surface area contributed by atoms with Crippen molar-refractivity contribution in [2.75, 3.05) is 11.9 Å². The van der Waals surface area contributed by atoms with E-state index in [0.717, 1.165) is 11.1 Å². The molecular formula is C28H26N2O5. The fourth-order valence-corrected chi connectivity index (χ4v) is 5.17. The van der Waals surface area contributed by atoms with E-state index < -0.39 is 12.1 Å². The second-order valence-electron chi connectivity index (χ2n) is 9.02. The zero-order chi connectivity index (χ0) is 24.4. The highest BCUT2D eigenvalue weighted by molar-refractivity contribution is 6.01. The lowest BCUT2D eigenvalue weighted by atomic mass is 9.98. The van der Waals surface area contributed by atoms with Crippen molar-refractivity contribution < 1.29 is 24.2 Å². The molecule has 0 bridgehead atoms. The minimum atomic E-state index is -1.10. The molecule has 5 rings (SSSR count). The summed E-state index contributed by atoms with van der Waals surface area (Å²) >= 11 is 0. The Morgan fingerprint density at radius 1 is 0.857 bits per heavy atom. The van der Waals surface area contributed by atoms with E-state index in [2.05, 4.69) is 34.9 Å². The maximum Gasteiger partial charge on any atom is 0.407 e. The number of rotatable bonds is 6. The van der Waals surface area contributed by atoms with Crippen molar-refractivity contribution in [3.8, 4) is 11.1 Å². The van der Waals surface area contributed by atoms with Crippen LogP contribution in [0.1, 0.15) is 46.7 Å². The summed E-state index contributed by atoms with van der Waals surface area (Å²) < 4.78 is 5.62. The number of hydrogen-bond donors (Lipinski definition) is 3. The number of ether oxygens (including phenoxy) is 1. The molecule has 0 spiro atoms. The van der Waals surface area contributed by atoms with E-state index in [4.69, 9.17) is 4.74 Å². The highest BCUT2D eigenvalue weighted by Gasteiger charge is 2.33. The van der Waals surface area contributed by atoms with Gasteiger partial charge >= 0.3 is 12.1 Å². The molecule has 2 amide bonds. The van der Waals surface area contributed by atoms with Crippen molar-refractivity contribution in [3.63, 3.8) is 0 Å². The lowest BCUT2D eigenvalue weighted by Gasteiger charge is -2.17. The standard InChI is InChI=1S/C28H26N2O5/c31-26(30-25-12-6-5-11-23(25)27(32)33)17-13-14-18(15-17)29-28(34)35-16-24-21-9-3-1-7-19(21)20-8-2-4-10-22(20)24/h1-12,17-18,24H,13-16H2,(H,29,34)(H,30,31)(H,32,33)/t17-,18+/m0/s1. The van der Waals surface area contributed by atoms with Crippen molar-refractivity contribution in [2.24, 2.45) is 5.92 Å². The Bertz CT molecular complexity index is 1240. The molecule has 2 aliphatic carbocycles. The SMILES string of the molecule is O=C(N[C@@H]1CC[C@H](C(=O)Nc2ccccc2C(=O)O)C1)OCC1c2ccccc2-c2ccccc21. The van der Waals surface area contributed by atoms with Crippen LogP contribution in [-0.4, -0.2) is 35.7 Å². The molecule has 7 nitrogen and oxygen atoms in total. The second kappa shape index (κ2) is 9.62. The number of para-hydroxylation sites is 1. The van der Waals surface area contributed by atoms with Crippen molar-refractivity contribution >= 4 is 23.7 Å². The van der Waals surface area contributed by atoms with Crippen LogP contribution in [0.25, 0.3) is 11.1 Å². The number of hydrogen-bond acceptors (Lipinski definition) is 4. The number of nitrogens with one attached hydrogen (secondary N) is 2. The van der Waals surface area contributed by atoms with Crippen LogP contribution in [0.5, 0.6) is 0 Å². The monoisotopic (exact) mass is 470 g/mol. The average Bonchev–Trinajstić information content (AvgIpc) is 3.46. The summed E-state index contributed by atoms with van der Waals surface area (Å²) in [5.41, 5.74) is 4.98. The van der Waals surface area contributed by atoms with Crippen LogP contribution in [0.3, 0.4) is 0 Å². The zero-order valence-corrected chi connectivity index (χ0v) is 19.1. The number of carboxylic acid groups (broad SMARTS) is 1. The number of carbonyl (C=O) groups is 3. The number of carboxylic acids is 1. The average molecular weight is 471 g/mol. The first kappa shape index (κ1) is 22.7. The summed E-state index contributed by atoms with van der Waals surface area (Å²) in [6.45, 7) is 0.239. The Morgan fingerprint density at radius 3 is 2.17 bits per heavy atom. The summed E-state index contributed by atoms with van der Waals surface area (Å²) in [5, 5.41) is 14.9. The molecule has 35 heavy (non-hydrogen) atoms. The van der Waals surface area contributed by atoms with Gasteiger partial charge in [0.05, 0.1) is 11.3 Å². The molecule has 178 valence electrons. The number of aromatic carboxylic acids is 1. The van der Waals surface area contributed by atoms with Gasteiger partial charge in [-0.15, -0.1) is 0 Å². The number of amides is 2. The van der Waals surface area contributed by atoms with E-state index in [-0.39, 0.29) is 41.6 Å². The Labute approximate surface area is 203 Å². The molecule has 3 aromatic rings. The first-order valence-corrected chi connectivity index (χ1v) is 11.8. The number of fused-ring (bicyclic) bond motifs is 3. The predicted octanol–water partition coefficient (Wildman–Crippen LogP) is 5.03. The molecule has 7 heteroatoms. The van der Waals surface area contributed by atoms with E-state index in [1.54, 1.807) is 18.2 Å². The van der Waals surface area contributed by atoms with Gasteiger partial charge in [0.2, 0.25) is 5.91 Å². The number of benzene rings is 3. The highest BCUT2D eigenvalue weighted by atomic mass is 16.5. The van der Waals surface area contributed by atoms with Gasteiger partial charge in [0.1, 0.15) is 6.61 Å². The van der Waals surface area contributed by atoms with Gasteiger partial charge in [0.15, 0.2) is 0 Å². The van der Waals surface area contributed by atoms with Gasteiger partial charge in [0, 0.05) is 17.9 Å². The number of anilines is 1. The first-order valence-electron chi connectivity index (χ1n) is 11.8. The third-order valence-corrected chi connectivity index (χ3v) is 6.88. The highest BCUT2D eigenvalue weighted by Crippen LogP contribution is 2.44. The topological polar surface area (TPSA) is 105 Å². The maximum atomic E-state index is 12.7. The van der Waals surface area contributed by atoms with Gasteiger partial charge in [-0.3, -0.25) is 4.79 Å². The van der Waals surface area contributed by atoms with Crippen LogP contribution in [-0.2, 0) is 9.53 Å². The summed E-state index contributed by atoms with van der Waals surface area (Å²) in [5.74, 6) is -1.65. The van der Waals surface area contributed by atoms with Gasteiger partial charge in [-0.05, 0) is 53.6 Å². The third kappa shape index (κ3) is 4.62. The van der Waals surface area contributed by atoms with E-state index >= 15 is 0 Å². The molecule has 0 aromatic heterocycles. The van der Waals surface area contributed by atoms with E-state index in [1.165, 1.54) is 17.2 Å². The van der Waals surface area contributed by atoms with Crippen LogP contribution < -0.4 is 10.6 Å². The van der Waals surface area contributed by atoms with E-state index in [1.807, 2.05) is 24.3 Å². The molecule has 3 N–H and O–H groups in total. The van der Waals surface area contributed by atoms with Crippen LogP contribution >= 0.6 is 0 Å². The Kier molecular flexibility index (Phi) is 6.23. The smallest absolute Gasteiger partial charge is 0.407 e. The fraction of sp³-hybridized carbons (Fsp3) is 0.250. The first-order chi connectivity index (χ1) is 17.0. The molecule has 3 aromatic carbocycles. The van der Waals surface area contributed by atoms with Crippen molar-refractivity contribution in [1.29, 1.82) is 0 Å². The van der Waals surface area contributed by atoms with Gasteiger partial charge in [0.25, 0.3) is 0 Å². The van der Waals surface area contributed by atoms with Gasteiger partial charge in [-0.2, -0.15) is 0 Å². The fourth-order valence-electron chi connectivity index (χ4n) is 5.17. The maximum absolute atomic E-state index is 12.7. The van der Waals surface area contributed by atoms with Gasteiger partial charge < -0.3 is 20.5 Å². The minimum Gasteiger partial charge on any atom is -0.478 e. The molecular weight excluding hydrogens is 444 g/mol. The molecule has 2 aliphatic rings. The molecule has 1 fully saturated rings. The summed E-state index contributed by atoms with van der Waals surface area (Å²) in [7, 11) is 0. The van der Waals surface area contributed by atoms with Crippen LogP contribution in [0.4, 0.5) is 10.5 Å². The molecule has 1 saturated carbocycles. The van der Waals surface area contributed by atoms with Gasteiger partial charge in [-0.25, -0.2) is 9.59 Å². The lowest BCUT2D eigenvalue weighted by molar-refractivity contribution is -0.119. The normalized spacial score (nSPS) is 18.4. The zero-order valence-electron chi connectivity index (χ0n) is 19.1. The second-order valence-corrected chi connectivity index (χ2v) is 9.02. The number of carbonyl (C=O) groups excluding carboxylic acids is 2. The quantitative estimate of drug-likeness (QED) is 0.469. The Morgan fingerprint density at radius 2 is 1.49 bits per heavy atom. The molecule has 0 radical (unpaired) electrons. The van der Waals surface area contributed by atoms with Crippen molar-refractivity contribution in [2.45, 2.75) is 31.2 Å². The van der Waals surface area contributed by atoms with Crippen LogP contribution in [0.2, 0.25) is 0 Å². The molecule has 0 unspecified atom stereocenters. The largest absolute Gasteiger partial charge is 0.478 e. The van der Waals surface area contributed by atoms with Crippen LogP contribution in [0, 0.1) is 5.92 Å². The Hall–Kier alpha value is -4.13. The van der Waals surface area contributed by atoms with E-state index in [9.17, 15) is 19.5 Å². The lowest BCUT2D eigenvalue weighted by Crippen LogP contribution is -2.35. The summed E-state index contributed by atoms with van der Waals surface area (Å²) in [6, 6.07) is 22.5. The molecule has 0 saturated heterocycles. The van der Waals surface area contributed by atoms with Crippen molar-refractivity contribution in [3.05, 3.63) is 89.5 Å². The van der Waals surface area contributed by atoms with Gasteiger partial charge in [-0.1, -0.05) is 60.7 Å². The van der Waals surface area contributed by atoms with E-state index in [0.29, 0.717) is 19.3 Å². The molecule has 0 heterocycles. The summed E-state index contributed by atoms with van der Waals surface area (Å²) in [4.78, 5) is 36.7. The minimum absolute atomic E-state index is 0.00967. The van der Waals surface area contributed by atoms with Crippen LogP contribution in [0.15, 0.2) is 72.8 Å². The summed E-state index contributed by atoms with van der Waals surface area (Å²) in [6.07, 6.45) is 1.25. The number of alkyl carbamates (subject to hydrolysis) is 1. The predicted molar refractivity (Wildman–Crippen MR) is 131 cm³/mol. The third-order valence-electron chi connectivity index (χ3n) is 6.88.